The molecule has 0 unspecified atom stereocenters. The summed E-state index contributed by atoms with van der Waals surface area (Å²) >= 11 is 5.02. The van der Waals surface area contributed by atoms with E-state index in [9.17, 15) is 14.4 Å². The third-order valence-electron chi connectivity index (χ3n) is 2.92. The van der Waals surface area contributed by atoms with Crippen molar-refractivity contribution in [3.63, 3.8) is 0 Å². The molecule has 3 amide bonds. The first-order valence-electron chi connectivity index (χ1n) is 7.28. The van der Waals surface area contributed by atoms with Crippen LogP contribution in [0.4, 0.5) is 10.7 Å². The Morgan fingerprint density at radius 2 is 1.92 bits per heavy atom. The van der Waals surface area contributed by atoms with E-state index in [4.69, 9.17) is 21.4 Å². The summed E-state index contributed by atoms with van der Waals surface area (Å²) in [7, 11) is 0. The second-order valence-electron chi connectivity index (χ2n) is 4.74. The van der Waals surface area contributed by atoms with Gasteiger partial charge in [-0.1, -0.05) is 30.4 Å². The Morgan fingerprint density at radius 1 is 1.24 bits per heavy atom. The number of hydrogen-bond donors (Lipinski definition) is 2. The van der Waals surface area contributed by atoms with Crippen molar-refractivity contribution in [1.29, 1.82) is 0 Å². The molecule has 0 radical (unpaired) electrons. The fourth-order valence-electron chi connectivity index (χ4n) is 1.89. The first-order chi connectivity index (χ1) is 11.9. The van der Waals surface area contributed by atoms with Crippen LogP contribution >= 0.6 is 12.2 Å². The van der Waals surface area contributed by atoms with E-state index in [1.54, 1.807) is 37.3 Å². The Bertz CT molecular complexity index is 864. The van der Waals surface area contributed by atoms with E-state index in [0.717, 1.165) is 0 Å². The minimum atomic E-state index is -0.886. The normalized spacial score (nSPS) is 10.0. The molecule has 0 spiro atoms. The van der Waals surface area contributed by atoms with Crippen molar-refractivity contribution in [3.8, 4) is 0 Å². The van der Waals surface area contributed by atoms with Gasteiger partial charge in [0.25, 0.3) is 5.91 Å². The van der Waals surface area contributed by atoms with E-state index in [-0.39, 0.29) is 28.6 Å². The molecule has 2 N–H and O–H groups in total. The zero-order valence-electron chi connectivity index (χ0n) is 13.5. The molecule has 0 aliphatic heterocycles. The standard InChI is InChI=1S/C16H15N3O5S/c1-3-23-15(21)11-13(24-9(2)17-14(11)25)19-16(22)18-12(20)10-7-5-4-6-8-10/h4-8H,3H2,1-2H3,(H2,18,19,20,22). The van der Waals surface area contributed by atoms with E-state index < -0.39 is 17.9 Å². The number of carbonyl (C=O) groups excluding carboxylic acids is 3. The number of urea groups is 1. The van der Waals surface area contributed by atoms with Gasteiger partial charge < -0.3 is 9.15 Å². The minimum Gasteiger partial charge on any atom is -0.462 e. The lowest BCUT2D eigenvalue weighted by Crippen LogP contribution is -2.34. The maximum atomic E-state index is 12.0. The van der Waals surface area contributed by atoms with Crippen molar-refractivity contribution in [2.75, 3.05) is 11.9 Å². The first-order valence-corrected chi connectivity index (χ1v) is 7.69. The molecule has 1 heterocycles. The molecular weight excluding hydrogens is 346 g/mol. The maximum absolute atomic E-state index is 12.0. The number of rotatable bonds is 4. The summed E-state index contributed by atoms with van der Waals surface area (Å²) in [6, 6.07) is 7.28. The fourth-order valence-corrected chi connectivity index (χ4v) is 2.19. The van der Waals surface area contributed by atoms with Crippen LogP contribution in [0.1, 0.15) is 33.5 Å². The molecule has 130 valence electrons. The van der Waals surface area contributed by atoms with Gasteiger partial charge in [-0.3, -0.25) is 15.4 Å². The number of hydrogen-bond acceptors (Lipinski definition) is 7. The van der Waals surface area contributed by atoms with Crippen LogP contribution in [0.15, 0.2) is 34.7 Å². The Morgan fingerprint density at radius 3 is 2.56 bits per heavy atom. The molecule has 0 atom stereocenters. The molecule has 0 saturated carbocycles. The molecule has 9 heteroatoms. The Kier molecular flexibility index (Phi) is 5.96. The van der Waals surface area contributed by atoms with E-state index in [1.807, 2.05) is 0 Å². The third-order valence-corrected chi connectivity index (χ3v) is 3.21. The molecule has 2 aromatic rings. The fraction of sp³-hybridized carbons (Fsp3) is 0.188. The van der Waals surface area contributed by atoms with Crippen LogP contribution < -0.4 is 10.6 Å². The number of nitrogens with one attached hydrogen (secondary N) is 2. The molecule has 2 rings (SSSR count). The zero-order valence-corrected chi connectivity index (χ0v) is 14.3. The van der Waals surface area contributed by atoms with Crippen molar-refractivity contribution >= 4 is 36.0 Å². The highest BCUT2D eigenvalue weighted by molar-refractivity contribution is 7.71. The van der Waals surface area contributed by atoms with Gasteiger partial charge in [0.05, 0.1) is 6.61 Å². The highest BCUT2D eigenvalue weighted by Crippen LogP contribution is 2.19. The summed E-state index contributed by atoms with van der Waals surface area (Å²) in [5, 5.41) is 4.41. The van der Waals surface area contributed by atoms with Gasteiger partial charge in [0, 0.05) is 12.5 Å². The quantitative estimate of drug-likeness (QED) is 0.636. The number of aryl methyl sites for hydroxylation is 1. The van der Waals surface area contributed by atoms with Gasteiger partial charge in [-0.2, -0.15) is 0 Å². The summed E-state index contributed by atoms with van der Waals surface area (Å²) in [6.07, 6.45) is 0. The predicted molar refractivity (Wildman–Crippen MR) is 91.0 cm³/mol. The molecule has 0 saturated heterocycles. The molecule has 1 aromatic carbocycles. The monoisotopic (exact) mass is 361 g/mol. The lowest BCUT2D eigenvalue weighted by molar-refractivity contribution is 0.0523. The molecule has 0 bridgehead atoms. The molecule has 8 nitrogen and oxygen atoms in total. The highest BCUT2D eigenvalue weighted by Gasteiger charge is 2.21. The second-order valence-corrected chi connectivity index (χ2v) is 5.12. The van der Waals surface area contributed by atoms with E-state index in [2.05, 4.69) is 15.6 Å². The van der Waals surface area contributed by atoms with Gasteiger partial charge in [0.2, 0.25) is 5.88 Å². The van der Waals surface area contributed by atoms with Crippen LogP contribution in [0.3, 0.4) is 0 Å². The van der Waals surface area contributed by atoms with Crippen LogP contribution in [-0.2, 0) is 4.74 Å². The van der Waals surface area contributed by atoms with Crippen molar-refractivity contribution in [1.82, 2.24) is 10.3 Å². The number of nitrogens with zero attached hydrogens (tertiary/aromatic N) is 1. The van der Waals surface area contributed by atoms with E-state index in [0.29, 0.717) is 5.56 Å². The van der Waals surface area contributed by atoms with Crippen LogP contribution in [0, 0.1) is 11.6 Å². The van der Waals surface area contributed by atoms with E-state index >= 15 is 0 Å². The largest absolute Gasteiger partial charge is 0.462 e. The number of aromatic nitrogens is 1. The number of amides is 3. The van der Waals surface area contributed by atoms with Gasteiger partial charge in [-0.15, -0.1) is 0 Å². The first kappa shape index (κ1) is 18.3. The van der Waals surface area contributed by atoms with Crippen LogP contribution in [0.2, 0.25) is 0 Å². The summed E-state index contributed by atoms with van der Waals surface area (Å²) in [5.41, 5.74) is 0.111. The number of anilines is 1. The van der Waals surface area contributed by atoms with Crippen LogP contribution in [-0.4, -0.2) is 29.5 Å². The number of imide groups is 1. The molecule has 1 aromatic heterocycles. The maximum Gasteiger partial charge on any atom is 0.346 e. The zero-order chi connectivity index (χ0) is 18.4. The number of ether oxygens (including phenoxy) is 1. The van der Waals surface area contributed by atoms with Crippen molar-refractivity contribution in [3.05, 3.63) is 52.0 Å². The molecule has 25 heavy (non-hydrogen) atoms. The highest BCUT2D eigenvalue weighted by atomic mass is 32.1. The summed E-state index contributed by atoms with van der Waals surface area (Å²) < 4.78 is 10.1. The van der Waals surface area contributed by atoms with Crippen molar-refractivity contribution in [2.24, 2.45) is 0 Å². The third kappa shape index (κ3) is 4.70. The molecule has 0 aliphatic carbocycles. The average molecular weight is 361 g/mol. The average Bonchev–Trinajstić information content (AvgIpc) is 2.55. The summed E-state index contributed by atoms with van der Waals surface area (Å²) in [5.74, 6) is -1.49. The molecular formula is C16H15N3O5S. The van der Waals surface area contributed by atoms with Crippen molar-refractivity contribution < 1.29 is 23.5 Å². The lowest BCUT2D eigenvalue weighted by Gasteiger charge is -2.10. The van der Waals surface area contributed by atoms with Gasteiger partial charge in [-0.05, 0) is 19.1 Å². The van der Waals surface area contributed by atoms with Gasteiger partial charge in [-0.25, -0.2) is 14.6 Å². The number of carbonyl (C=O) groups is 3. The Balaban J connectivity index is 2.21. The van der Waals surface area contributed by atoms with Crippen LogP contribution in [0.25, 0.3) is 0 Å². The SMILES string of the molecule is CCOC(=O)c1c(NC(=O)NC(=O)c2ccccc2)oc(C)nc1=S. The smallest absolute Gasteiger partial charge is 0.346 e. The summed E-state index contributed by atoms with van der Waals surface area (Å²) in [4.78, 5) is 39.9. The van der Waals surface area contributed by atoms with Crippen molar-refractivity contribution in [2.45, 2.75) is 13.8 Å². The van der Waals surface area contributed by atoms with Gasteiger partial charge in [0.1, 0.15) is 4.64 Å². The molecule has 0 aliphatic rings. The predicted octanol–water partition coefficient (Wildman–Crippen LogP) is 2.85. The minimum absolute atomic E-state index is 0.0770. The van der Waals surface area contributed by atoms with Gasteiger partial charge >= 0.3 is 12.0 Å². The number of esters is 1. The van der Waals surface area contributed by atoms with Crippen LogP contribution in [0.5, 0.6) is 0 Å². The van der Waals surface area contributed by atoms with E-state index in [1.165, 1.54) is 6.92 Å². The second kappa shape index (κ2) is 8.15. The summed E-state index contributed by atoms with van der Waals surface area (Å²) in [6.45, 7) is 3.24. The topological polar surface area (TPSA) is 111 Å². The number of benzene rings is 1. The lowest BCUT2D eigenvalue weighted by atomic mass is 10.2. The Hall–Kier alpha value is -3.07. The molecule has 0 fully saturated rings. The van der Waals surface area contributed by atoms with Gasteiger partial charge in [0.15, 0.2) is 11.5 Å². The Labute approximate surface area is 148 Å².